The fourth-order valence-electron chi connectivity index (χ4n) is 1.36. The van der Waals surface area contributed by atoms with E-state index < -0.39 is 0 Å². The van der Waals surface area contributed by atoms with E-state index >= 15 is 0 Å². The topological polar surface area (TPSA) is 38.7 Å². The van der Waals surface area contributed by atoms with E-state index in [1.54, 1.807) is 11.3 Å². The number of thiazole rings is 1. The number of nitrogens with zero attached hydrogens (tertiary/aromatic N) is 3. The van der Waals surface area contributed by atoms with Crippen molar-refractivity contribution in [2.45, 2.75) is 0 Å². The van der Waals surface area contributed by atoms with Crippen LogP contribution in [0.15, 0.2) is 29.6 Å². The normalized spacial score (nSPS) is 11.5. The summed E-state index contributed by atoms with van der Waals surface area (Å²) >= 11 is 3.03. The number of para-hydroxylation sites is 1. The van der Waals surface area contributed by atoms with Gasteiger partial charge in [-0.2, -0.15) is 0 Å². The highest BCUT2D eigenvalue weighted by atomic mass is 32.1. The van der Waals surface area contributed by atoms with Crippen LogP contribution in [0.3, 0.4) is 0 Å². The second-order valence-corrected chi connectivity index (χ2v) is 4.85. The van der Waals surface area contributed by atoms with Gasteiger partial charge in [0.05, 0.1) is 15.9 Å². The Kier molecular flexibility index (Phi) is 2.47. The number of rotatable bonds is 2. The molecule has 0 spiro atoms. The van der Waals surface area contributed by atoms with E-state index in [1.165, 1.54) is 16.2 Å². The summed E-state index contributed by atoms with van der Waals surface area (Å²) < 4.78 is 5.01. The standard InChI is InChI=1S/C11H7N3S2/c1-2-4-10-9(3-1)12-11(16-10)6-5-8-7-15-14-13-8/h1-7H. The van der Waals surface area contributed by atoms with E-state index in [-0.39, 0.29) is 0 Å². The van der Waals surface area contributed by atoms with Crippen molar-refractivity contribution in [3.05, 3.63) is 40.3 Å². The first-order valence-corrected chi connectivity index (χ1v) is 6.38. The van der Waals surface area contributed by atoms with Gasteiger partial charge in [0.15, 0.2) is 0 Å². The number of hydrogen-bond acceptors (Lipinski definition) is 5. The molecule has 2 heterocycles. The Morgan fingerprint density at radius 2 is 2.06 bits per heavy atom. The molecule has 1 aromatic carbocycles. The molecule has 3 aromatic rings. The summed E-state index contributed by atoms with van der Waals surface area (Å²) in [5.41, 5.74) is 1.92. The molecule has 0 saturated heterocycles. The first-order chi connectivity index (χ1) is 7.92. The molecule has 78 valence electrons. The van der Waals surface area contributed by atoms with E-state index in [0.29, 0.717) is 0 Å². The zero-order valence-corrected chi connectivity index (χ0v) is 9.83. The average Bonchev–Trinajstić information content (AvgIpc) is 2.95. The number of aromatic nitrogens is 3. The molecular weight excluding hydrogens is 238 g/mol. The lowest BCUT2D eigenvalue weighted by Gasteiger charge is -1.80. The summed E-state index contributed by atoms with van der Waals surface area (Å²) in [5, 5.41) is 6.84. The van der Waals surface area contributed by atoms with Crippen LogP contribution >= 0.6 is 22.9 Å². The molecule has 0 unspecified atom stereocenters. The van der Waals surface area contributed by atoms with Crippen molar-refractivity contribution in [1.82, 2.24) is 14.6 Å². The van der Waals surface area contributed by atoms with E-state index in [0.717, 1.165) is 16.2 Å². The molecule has 3 rings (SSSR count). The maximum atomic E-state index is 4.50. The van der Waals surface area contributed by atoms with Crippen LogP contribution in [0, 0.1) is 0 Å². The fourth-order valence-corrected chi connectivity index (χ4v) is 2.65. The van der Waals surface area contributed by atoms with E-state index in [4.69, 9.17) is 0 Å². The van der Waals surface area contributed by atoms with E-state index in [9.17, 15) is 0 Å². The third-order valence-electron chi connectivity index (χ3n) is 2.08. The first-order valence-electron chi connectivity index (χ1n) is 4.72. The summed E-state index contributed by atoms with van der Waals surface area (Å²) in [7, 11) is 0. The lowest BCUT2D eigenvalue weighted by molar-refractivity contribution is 1.14. The van der Waals surface area contributed by atoms with Gasteiger partial charge in [-0.05, 0) is 35.8 Å². The van der Waals surface area contributed by atoms with Gasteiger partial charge in [-0.3, -0.25) is 0 Å². The molecular formula is C11H7N3S2. The summed E-state index contributed by atoms with van der Waals surface area (Å²) in [6.45, 7) is 0. The third-order valence-corrected chi connectivity index (χ3v) is 3.61. The van der Waals surface area contributed by atoms with Crippen LogP contribution in [0.25, 0.3) is 22.4 Å². The Hall–Kier alpha value is -1.59. The summed E-state index contributed by atoms with van der Waals surface area (Å²) in [4.78, 5) is 4.50. The van der Waals surface area contributed by atoms with E-state index in [1.807, 2.05) is 35.7 Å². The van der Waals surface area contributed by atoms with Gasteiger partial charge in [0, 0.05) is 5.38 Å². The minimum absolute atomic E-state index is 0.879. The summed E-state index contributed by atoms with van der Waals surface area (Å²) in [6.07, 6.45) is 3.91. The molecule has 0 N–H and O–H groups in total. The van der Waals surface area contributed by atoms with Crippen molar-refractivity contribution in [1.29, 1.82) is 0 Å². The smallest absolute Gasteiger partial charge is 0.117 e. The molecule has 3 nitrogen and oxygen atoms in total. The molecule has 0 radical (unpaired) electrons. The van der Waals surface area contributed by atoms with Crippen LogP contribution in [0.5, 0.6) is 0 Å². The lowest BCUT2D eigenvalue weighted by atomic mass is 10.3. The minimum Gasteiger partial charge on any atom is -0.237 e. The van der Waals surface area contributed by atoms with Gasteiger partial charge in [-0.1, -0.05) is 16.6 Å². The molecule has 5 heteroatoms. The Balaban J connectivity index is 1.95. The van der Waals surface area contributed by atoms with Gasteiger partial charge in [0.25, 0.3) is 0 Å². The second-order valence-electron chi connectivity index (χ2n) is 3.18. The molecule has 0 aliphatic heterocycles. The average molecular weight is 245 g/mol. The molecule has 2 aromatic heterocycles. The predicted molar refractivity (Wildman–Crippen MR) is 68.5 cm³/mol. The second kappa shape index (κ2) is 4.11. The first kappa shape index (κ1) is 9.62. The van der Waals surface area contributed by atoms with Crippen LogP contribution in [0.2, 0.25) is 0 Å². The largest absolute Gasteiger partial charge is 0.237 e. The van der Waals surface area contributed by atoms with Gasteiger partial charge in [-0.15, -0.1) is 16.4 Å². The van der Waals surface area contributed by atoms with Gasteiger partial charge < -0.3 is 0 Å². The SMILES string of the molecule is C(=Cc1nc2ccccc2s1)c1csnn1. The maximum Gasteiger partial charge on any atom is 0.117 e. The molecule has 0 aliphatic rings. The number of fused-ring (bicyclic) bond motifs is 1. The Labute approximate surface area is 100 Å². The Morgan fingerprint density at radius 3 is 2.88 bits per heavy atom. The molecule has 0 saturated carbocycles. The number of benzene rings is 1. The zero-order chi connectivity index (χ0) is 10.8. The van der Waals surface area contributed by atoms with Gasteiger partial charge in [-0.25, -0.2) is 4.98 Å². The predicted octanol–water partition coefficient (Wildman–Crippen LogP) is 3.32. The highest BCUT2D eigenvalue weighted by Crippen LogP contribution is 2.22. The monoisotopic (exact) mass is 245 g/mol. The summed E-state index contributed by atoms with van der Waals surface area (Å²) in [5.74, 6) is 0. The van der Waals surface area contributed by atoms with Crippen molar-refractivity contribution in [2.75, 3.05) is 0 Å². The highest BCUT2D eigenvalue weighted by Gasteiger charge is 1.99. The van der Waals surface area contributed by atoms with Crippen molar-refractivity contribution in [3.8, 4) is 0 Å². The number of hydrogen-bond donors (Lipinski definition) is 0. The zero-order valence-electron chi connectivity index (χ0n) is 8.20. The maximum absolute atomic E-state index is 4.50. The Bertz CT molecular complexity index is 593. The van der Waals surface area contributed by atoms with Crippen LogP contribution < -0.4 is 0 Å². The van der Waals surface area contributed by atoms with Crippen molar-refractivity contribution in [2.24, 2.45) is 0 Å². The lowest BCUT2D eigenvalue weighted by Crippen LogP contribution is -1.71. The molecule has 0 aliphatic carbocycles. The fraction of sp³-hybridized carbons (Fsp3) is 0. The molecule has 0 amide bonds. The molecule has 0 bridgehead atoms. The van der Waals surface area contributed by atoms with Crippen molar-refractivity contribution < 1.29 is 0 Å². The van der Waals surface area contributed by atoms with Gasteiger partial charge in [0.2, 0.25) is 0 Å². The van der Waals surface area contributed by atoms with Crippen molar-refractivity contribution >= 4 is 45.2 Å². The van der Waals surface area contributed by atoms with Gasteiger partial charge in [0.1, 0.15) is 5.01 Å². The van der Waals surface area contributed by atoms with Crippen LogP contribution in [-0.4, -0.2) is 14.6 Å². The molecule has 16 heavy (non-hydrogen) atoms. The highest BCUT2D eigenvalue weighted by molar-refractivity contribution is 7.19. The van der Waals surface area contributed by atoms with Gasteiger partial charge >= 0.3 is 0 Å². The van der Waals surface area contributed by atoms with Crippen LogP contribution in [0.1, 0.15) is 10.7 Å². The Morgan fingerprint density at radius 1 is 1.12 bits per heavy atom. The quantitative estimate of drug-likeness (QED) is 0.695. The summed E-state index contributed by atoms with van der Waals surface area (Å²) in [6, 6.07) is 8.13. The molecule has 0 atom stereocenters. The minimum atomic E-state index is 0.879. The van der Waals surface area contributed by atoms with Crippen LogP contribution in [0.4, 0.5) is 0 Å². The molecule has 0 fully saturated rings. The van der Waals surface area contributed by atoms with E-state index in [2.05, 4.69) is 20.6 Å². The van der Waals surface area contributed by atoms with Crippen molar-refractivity contribution in [3.63, 3.8) is 0 Å². The van der Waals surface area contributed by atoms with Crippen LogP contribution in [-0.2, 0) is 0 Å². The third kappa shape index (κ3) is 1.87.